The fourth-order valence-corrected chi connectivity index (χ4v) is 5.28. The van der Waals surface area contributed by atoms with Crippen molar-refractivity contribution in [1.29, 1.82) is 0 Å². The molecule has 214 valence electrons. The Morgan fingerprint density at radius 3 is 2.29 bits per heavy atom. The maximum Gasteiger partial charge on any atom is 0.264 e. The first kappa shape index (κ1) is 29.4. The number of methoxy groups -OCH3 is 2. The van der Waals surface area contributed by atoms with Crippen molar-refractivity contribution in [1.82, 2.24) is 5.32 Å². The van der Waals surface area contributed by atoms with Crippen LogP contribution in [0.5, 0.6) is 23.0 Å². The van der Waals surface area contributed by atoms with Gasteiger partial charge in [-0.25, -0.2) is 4.99 Å². The van der Waals surface area contributed by atoms with Crippen LogP contribution in [0.15, 0.2) is 94.8 Å². The number of aliphatic imine (C=N–C) groups is 1. The molecule has 1 aliphatic heterocycles. The quantitative estimate of drug-likeness (QED) is 0.181. The van der Waals surface area contributed by atoms with Crippen molar-refractivity contribution in [3.8, 4) is 23.0 Å². The number of carbonyl (C=O) groups is 1. The Hall–Kier alpha value is -4.11. The summed E-state index contributed by atoms with van der Waals surface area (Å²) < 4.78 is 23.1. The molecule has 1 aliphatic rings. The summed E-state index contributed by atoms with van der Waals surface area (Å²) in [6.45, 7) is 0.646. The SMILES string of the molecule is COc1cc(COc2c(Cl)cc(/C=C3/SC(=Nc4ccc(Cl)cc4)NC3=O)cc2OC)ccc1OCc1ccccc1. The van der Waals surface area contributed by atoms with Gasteiger partial charge in [0.25, 0.3) is 5.91 Å². The third kappa shape index (κ3) is 7.39. The van der Waals surface area contributed by atoms with Crippen LogP contribution >= 0.6 is 35.0 Å². The second-order valence-corrected chi connectivity index (χ2v) is 10.9. The summed E-state index contributed by atoms with van der Waals surface area (Å²) in [4.78, 5) is 17.5. The van der Waals surface area contributed by atoms with E-state index in [4.69, 9.17) is 42.1 Å². The first-order chi connectivity index (χ1) is 20.4. The molecule has 1 fully saturated rings. The van der Waals surface area contributed by atoms with Gasteiger partial charge in [-0.2, -0.15) is 0 Å². The van der Waals surface area contributed by atoms with E-state index in [1.165, 1.54) is 18.9 Å². The lowest BCUT2D eigenvalue weighted by Crippen LogP contribution is -2.19. The van der Waals surface area contributed by atoms with Crippen LogP contribution in [0.1, 0.15) is 16.7 Å². The molecule has 42 heavy (non-hydrogen) atoms. The zero-order chi connectivity index (χ0) is 29.5. The largest absolute Gasteiger partial charge is 0.493 e. The molecule has 4 aromatic rings. The first-order valence-electron chi connectivity index (χ1n) is 12.8. The normalized spacial score (nSPS) is 14.6. The first-order valence-corrected chi connectivity index (χ1v) is 14.4. The van der Waals surface area contributed by atoms with Crippen molar-refractivity contribution >= 4 is 57.8 Å². The number of halogens is 2. The molecule has 0 aliphatic carbocycles. The molecule has 0 radical (unpaired) electrons. The van der Waals surface area contributed by atoms with E-state index >= 15 is 0 Å². The molecule has 0 aromatic heterocycles. The van der Waals surface area contributed by atoms with Gasteiger partial charge in [-0.1, -0.05) is 59.6 Å². The van der Waals surface area contributed by atoms with Crippen LogP contribution in [-0.4, -0.2) is 25.3 Å². The Bertz CT molecular complexity index is 1640. The third-order valence-electron chi connectivity index (χ3n) is 6.11. The minimum atomic E-state index is -0.256. The zero-order valence-electron chi connectivity index (χ0n) is 22.7. The van der Waals surface area contributed by atoms with E-state index in [0.29, 0.717) is 61.0 Å². The number of amides is 1. The molecule has 0 bridgehead atoms. The number of benzene rings is 4. The Labute approximate surface area is 258 Å². The number of amidine groups is 1. The Balaban J connectivity index is 1.27. The molecule has 0 atom stereocenters. The summed E-state index contributed by atoms with van der Waals surface area (Å²) in [7, 11) is 3.13. The van der Waals surface area contributed by atoms with Gasteiger partial charge in [0, 0.05) is 5.02 Å². The summed E-state index contributed by atoms with van der Waals surface area (Å²) in [5, 5.41) is 4.20. The highest BCUT2D eigenvalue weighted by molar-refractivity contribution is 8.18. The molecule has 4 aromatic carbocycles. The lowest BCUT2D eigenvalue weighted by atomic mass is 10.1. The molecular formula is C32H26Cl2N2O5S. The summed E-state index contributed by atoms with van der Waals surface area (Å²) in [5.74, 6) is 1.79. The topological polar surface area (TPSA) is 78.4 Å². The number of carbonyl (C=O) groups excluding carboxylic acids is 1. The minimum Gasteiger partial charge on any atom is -0.493 e. The molecule has 10 heteroatoms. The molecule has 1 heterocycles. The number of rotatable bonds is 10. The molecule has 5 rings (SSSR count). The van der Waals surface area contributed by atoms with E-state index in [9.17, 15) is 4.79 Å². The fourth-order valence-electron chi connectivity index (χ4n) is 4.04. The molecule has 7 nitrogen and oxygen atoms in total. The van der Waals surface area contributed by atoms with Crippen molar-refractivity contribution in [2.24, 2.45) is 4.99 Å². The highest BCUT2D eigenvalue weighted by Crippen LogP contribution is 2.39. The van der Waals surface area contributed by atoms with Gasteiger partial charge >= 0.3 is 0 Å². The number of nitrogens with one attached hydrogen (secondary N) is 1. The monoisotopic (exact) mass is 620 g/mol. The van der Waals surface area contributed by atoms with Crippen molar-refractivity contribution in [2.45, 2.75) is 13.2 Å². The average Bonchev–Trinajstić information content (AvgIpc) is 3.34. The van der Waals surface area contributed by atoms with Crippen LogP contribution in [0, 0.1) is 0 Å². The number of ether oxygens (including phenoxy) is 4. The van der Waals surface area contributed by atoms with Crippen molar-refractivity contribution < 1.29 is 23.7 Å². The molecule has 1 saturated heterocycles. The van der Waals surface area contributed by atoms with Crippen molar-refractivity contribution in [3.05, 3.63) is 117 Å². The zero-order valence-corrected chi connectivity index (χ0v) is 25.1. The molecular weight excluding hydrogens is 595 g/mol. The number of thioether (sulfide) groups is 1. The van der Waals surface area contributed by atoms with Gasteiger partial charge in [0.1, 0.15) is 13.2 Å². The van der Waals surface area contributed by atoms with E-state index in [-0.39, 0.29) is 12.5 Å². The maximum absolute atomic E-state index is 12.6. The summed E-state index contributed by atoms with van der Waals surface area (Å²) in [6.07, 6.45) is 1.72. The Kier molecular flexibility index (Phi) is 9.59. The van der Waals surface area contributed by atoms with Crippen LogP contribution in [-0.2, 0) is 18.0 Å². The van der Waals surface area contributed by atoms with Gasteiger partial charge in [0.05, 0.1) is 29.8 Å². The highest BCUT2D eigenvalue weighted by atomic mass is 35.5. The van der Waals surface area contributed by atoms with Gasteiger partial charge in [-0.15, -0.1) is 0 Å². The van der Waals surface area contributed by atoms with Crippen molar-refractivity contribution in [2.75, 3.05) is 14.2 Å². The van der Waals surface area contributed by atoms with Crippen LogP contribution < -0.4 is 24.3 Å². The molecule has 1 amide bonds. The summed E-state index contributed by atoms with van der Waals surface area (Å²) >= 11 is 13.8. The van der Waals surface area contributed by atoms with E-state index in [0.717, 1.165) is 11.1 Å². The highest BCUT2D eigenvalue weighted by Gasteiger charge is 2.24. The van der Waals surface area contributed by atoms with Gasteiger partial charge in [-0.05, 0) is 83.1 Å². The molecule has 0 unspecified atom stereocenters. The summed E-state index contributed by atoms with van der Waals surface area (Å²) in [6, 6.07) is 26.0. The van der Waals surface area contributed by atoms with E-state index in [1.807, 2.05) is 48.5 Å². The predicted molar refractivity (Wildman–Crippen MR) is 168 cm³/mol. The van der Waals surface area contributed by atoms with Gasteiger partial charge < -0.3 is 24.3 Å². The summed E-state index contributed by atoms with van der Waals surface area (Å²) in [5.41, 5.74) is 3.28. The molecule has 0 saturated carbocycles. The maximum atomic E-state index is 12.6. The fraction of sp³-hybridized carbons (Fsp3) is 0.125. The molecule has 1 N–H and O–H groups in total. The third-order valence-corrected chi connectivity index (χ3v) is 7.55. The lowest BCUT2D eigenvalue weighted by Gasteiger charge is -2.15. The standard InChI is InChI=1S/C32H26Cl2N2O5S/c1-38-27-15-21(8-13-26(27)40-18-20-6-4-3-5-7-20)19-41-30-25(34)14-22(16-28(30)39-2)17-29-31(37)36-32(42-29)35-24-11-9-23(33)10-12-24/h3-17H,18-19H2,1-2H3,(H,35,36,37)/b29-17+. The second-order valence-electron chi connectivity index (χ2n) is 9.04. The van der Waals surface area contributed by atoms with Crippen LogP contribution in [0.3, 0.4) is 0 Å². The van der Waals surface area contributed by atoms with E-state index in [1.54, 1.807) is 49.6 Å². The van der Waals surface area contributed by atoms with Crippen molar-refractivity contribution in [3.63, 3.8) is 0 Å². The van der Waals surface area contributed by atoms with Gasteiger partial charge in [-0.3, -0.25) is 4.79 Å². The minimum absolute atomic E-state index is 0.217. The van der Waals surface area contributed by atoms with E-state index in [2.05, 4.69) is 10.3 Å². The smallest absolute Gasteiger partial charge is 0.264 e. The number of hydrogen-bond donors (Lipinski definition) is 1. The predicted octanol–water partition coefficient (Wildman–Crippen LogP) is 8.06. The molecule has 0 spiro atoms. The Morgan fingerprint density at radius 1 is 0.810 bits per heavy atom. The van der Waals surface area contributed by atoms with Gasteiger partial charge in [0.2, 0.25) is 0 Å². The average molecular weight is 622 g/mol. The Morgan fingerprint density at radius 2 is 1.55 bits per heavy atom. The van der Waals surface area contributed by atoms with Crippen LogP contribution in [0.25, 0.3) is 6.08 Å². The van der Waals surface area contributed by atoms with Crippen LogP contribution in [0.2, 0.25) is 10.0 Å². The lowest BCUT2D eigenvalue weighted by molar-refractivity contribution is -0.115. The second kappa shape index (κ2) is 13.7. The number of hydrogen-bond acceptors (Lipinski definition) is 7. The van der Waals surface area contributed by atoms with E-state index < -0.39 is 0 Å². The van der Waals surface area contributed by atoms with Crippen LogP contribution in [0.4, 0.5) is 5.69 Å². The van der Waals surface area contributed by atoms with Gasteiger partial charge in [0.15, 0.2) is 28.2 Å². The number of nitrogens with zero attached hydrogens (tertiary/aromatic N) is 1.